The van der Waals surface area contributed by atoms with Gasteiger partial charge in [-0.15, -0.1) is 0 Å². The zero-order valence-electron chi connectivity index (χ0n) is 10.7. The molecule has 1 unspecified atom stereocenters. The largest absolute Gasteiger partial charge is 0.368 e. The van der Waals surface area contributed by atoms with E-state index in [9.17, 15) is 4.39 Å². The first-order valence-electron chi connectivity index (χ1n) is 6.39. The number of halogens is 1. The van der Waals surface area contributed by atoms with Gasteiger partial charge in [0, 0.05) is 24.3 Å². The quantitative estimate of drug-likeness (QED) is 0.871. The monoisotopic (exact) mass is 261 g/mol. The number of benzene rings is 1. The molecule has 0 bridgehead atoms. The molecule has 2 heterocycles. The molecule has 1 saturated heterocycles. The molecule has 100 valence electrons. The maximum atomic E-state index is 12.9. The smallest absolute Gasteiger partial charge is 0.137 e. The molecule has 4 nitrogen and oxygen atoms in total. The fourth-order valence-corrected chi connectivity index (χ4v) is 2.27. The molecule has 5 heteroatoms. The molecule has 0 radical (unpaired) electrons. The first-order valence-corrected chi connectivity index (χ1v) is 6.39. The van der Waals surface area contributed by atoms with Gasteiger partial charge >= 0.3 is 0 Å². The van der Waals surface area contributed by atoms with Crippen LogP contribution in [0.25, 0.3) is 11.3 Å². The van der Waals surface area contributed by atoms with Crippen LogP contribution < -0.4 is 5.32 Å². The number of aryl methyl sites for hydroxylation is 1. The second kappa shape index (κ2) is 5.11. The first kappa shape index (κ1) is 12.3. The van der Waals surface area contributed by atoms with Crippen LogP contribution in [0.2, 0.25) is 0 Å². The number of imidazole rings is 1. The van der Waals surface area contributed by atoms with E-state index in [0.717, 1.165) is 35.9 Å². The van der Waals surface area contributed by atoms with Gasteiger partial charge in [-0.25, -0.2) is 9.37 Å². The SMILES string of the molecule is Cc1[nH]c(C2CNCCO2)nc1-c1ccc(F)cc1. The topological polar surface area (TPSA) is 49.9 Å². The molecule has 1 aromatic heterocycles. The molecule has 1 atom stereocenters. The Kier molecular flexibility index (Phi) is 3.31. The molecule has 0 saturated carbocycles. The molecular weight excluding hydrogens is 245 g/mol. The summed E-state index contributed by atoms with van der Waals surface area (Å²) in [5.41, 5.74) is 2.73. The molecule has 1 aliphatic rings. The molecule has 3 rings (SSSR count). The van der Waals surface area contributed by atoms with E-state index < -0.39 is 0 Å². The number of rotatable bonds is 2. The van der Waals surface area contributed by atoms with Gasteiger partial charge in [0.2, 0.25) is 0 Å². The Hall–Kier alpha value is -1.72. The van der Waals surface area contributed by atoms with Crippen molar-refractivity contribution in [2.24, 2.45) is 0 Å². The molecular formula is C14H16FN3O. The van der Waals surface area contributed by atoms with E-state index >= 15 is 0 Å². The highest BCUT2D eigenvalue weighted by Crippen LogP contribution is 2.25. The van der Waals surface area contributed by atoms with Crippen molar-refractivity contribution in [3.05, 3.63) is 41.6 Å². The van der Waals surface area contributed by atoms with Crippen molar-refractivity contribution in [3.63, 3.8) is 0 Å². The van der Waals surface area contributed by atoms with Crippen LogP contribution in [0.4, 0.5) is 4.39 Å². The summed E-state index contributed by atoms with van der Waals surface area (Å²) in [5.74, 6) is 0.584. The third-order valence-electron chi connectivity index (χ3n) is 3.25. The maximum absolute atomic E-state index is 12.9. The minimum Gasteiger partial charge on any atom is -0.368 e. The lowest BCUT2D eigenvalue weighted by atomic mass is 10.1. The Bertz CT molecular complexity index is 559. The van der Waals surface area contributed by atoms with Crippen LogP contribution in [-0.2, 0) is 4.74 Å². The number of H-pyrrole nitrogens is 1. The molecule has 2 N–H and O–H groups in total. The predicted molar refractivity (Wildman–Crippen MR) is 70.3 cm³/mol. The third kappa shape index (κ3) is 2.52. The van der Waals surface area contributed by atoms with Crippen molar-refractivity contribution >= 4 is 0 Å². The molecule has 0 aliphatic carbocycles. The van der Waals surface area contributed by atoms with Gasteiger partial charge in [-0.2, -0.15) is 0 Å². The fraction of sp³-hybridized carbons (Fsp3) is 0.357. The van der Waals surface area contributed by atoms with E-state index in [1.54, 1.807) is 12.1 Å². The van der Waals surface area contributed by atoms with Crippen LogP contribution in [0.1, 0.15) is 17.6 Å². The summed E-state index contributed by atoms with van der Waals surface area (Å²) in [6.07, 6.45) is -0.0401. The summed E-state index contributed by atoms with van der Waals surface area (Å²) in [4.78, 5) is 7.85. The number of morpholine rings is 1. The summed E-state index contributed by atoms with van der Waals surface area (Å²) in [6, 6.07) is 6.37. The van der Waals surface area contributed by atoms with Crippen molar-refractivity contribution in [2.75, 3.05) is 19.7 Å². The van der Waals surface area contributed by atoms with Gasteiger partial charge in [-0.3, -0.25) is 0 Å². The second-order valence-electron chi connectivity index (χ2n) is 4.67. The highest BCUT2D eigenvalue weighted by atomic mass is 19.1. The normalized spacial score (nSPS) is 19.6. The zero-order chi connectivity index (χ0) is 13.2. The minimum absolute atomic E-state index is 0.0401. The van der Waals surface area contributed by atoms with E-state index in [1.165, 1.54) is 12.1 Å². The van der Waals surface area contributed by atoms with Gasteiger partial charge in [-0.1, -0.05) is 0 Å². The average molecular weight is 261 g/mol. The van der Waals surface area contributed by atoms with Crippen LogP contribution in [0.3, 0.4) is 0 Å². The first-order chi connectivity index (χ1) is 9.24. The molecule has 2 aromatic rings. The zero-order valence-corrected chi connectivity index (χ0v) is 10.7. The number of nitrogens with one attached hydrogen (secondary N) is 2. The van der Waals surface area contributed by atoms with E-state index in [-0.39, 0.29) is 11.9 Å². The van der Waals surface area contributed by atoms with Gasteiger partial charge in [0.1, 0.15) is 17.7 Å². The second-order valence-corrected chi connectivity index (χ2v) is 4.67. The van der Waals surface area contributed by atoms with Gasteiger partial charge in [0.15, 0.2) is 0 Å². The highest BCUT2D eigenvalue weighted by molar-refractivity contribution is 5.61. The molecule has 1 aliphatic heterocycles. The summed E-state index contributed by atoms with van der Waals surface area (Å²) in [7, 11) is 0. The van der Waals surface area contributed by atoms with Crippen molar-refractivity contribution in [1.29, 1.82) is 0 Å². The molecule has 0 spiro atoms. The van der Waals surface area contributed by atoms with Crippen LogP contribution in [0.5, 0.6) is 0 Å². The summed E-state index contributed by atoms with van der Waals surface area (Å²) in [5, 5.41) is 3.27. The van der Waals surface area contributed by atoms with Crippen molar-refractivity contribution in [3.8, 4) is 11.3 Å². The number of aromatic nitrogens is 2. The predicted octanol–water partition coefficient (Wildman–Crippen LogP) is 2.19. The van der Waals surface area contributed by atoms with Crippen molar-refractivity contribution in [1.82, 2.24) is 15.3 Å². The summed E-state index contributed by atoms with van der Waals surface area (Å²) >= 11 is 0. The van der Waals surface area contributed by atoms with E-state index in [4.69, 9.17) is 4.74 Å². The number of hydrogen-bond acceptors (Lipinski definition) is 3. The fourth-order valence-electron chi connectivity index (χ4n) is 2.27. The number of hydrogen-bond donors (Lipinski definition) is 2. The highest BCUT2D eigenvalue weighted by Gasteiger charge is 2.20. The molecule has 0 amide bonds. The van der Waals surface area contributed by atoms with Crippen LogP contribution >= 0.6 is 0 Å². The van der Waals surface area contributed by atoms with E-state index in [0.29, 0.717) is 6.61 Å². The van der Waals surface area contributed by atoms with Gasteiger partial charge < -0.3 is 15.0 Å². The van der Waals surface area contributed by atoms with Gasteiger partial charge in [-0.05, 0) is 31.2 Å². The number of aromatic amines is 1. The summed E-state index contributed by atoms with van der Waals surface area (Å²) < 4.78 is 18.6. The van der Waals surface area contributed by atoms with Crippen molar-refractivity contribution < 1.29 is 9.13 Å². The lowest BCUT2D eigenvalue weighted by Gasteiger charge is -2.21. The standard InChI is InChI=1S/C14H16FN3O/c1-9-13(10-2-4-11(15)5-3-10)18-14(17-9)12-8-16-6-7-19-12/h2-5,12,16H,6-8H2,1H3,(H,17,18). The van der Waals surface area contributed by atoms with Crippen LogP contribution in [0, 0.1) is 12.7 Å². The Labute approximate surface area is 111 Å². The maximum Gasteiger partial charge on any atom is 0.137 e. The molecule has 1 aromatic carbocycles. The molecule has 1 fully saturated rings. The lowest BCUT2D eigenvalue weighted by Crippen LogP contribution is -2.33. The van der Waals surface area contributed by atoms with E-state index in [1.807, 2.05) is 6.92 Å². The van der Waals surface area contributed by atoms with Crippen LogP contribution in [0.15, 0.2) is 24.3 Å². The Morgan fingerprint density at radius 2 is 2.11 bits per heavy atom. The van der Waals surface area contributed by atoms with Crippen molar-refractivity contribution in [2.45, 2.75) is 13.0 Å². The van der Waals surface area contributed by atoms with E-state index in [2.05, 4.69) is 15.3 Å². The Balaban J connectivity index is 1.90. The van der Waals surface area contributed by atoms with Crippen LogP contribution in [-0.4, -0.2) is 29.7 Å². The Morgan fingerprint density at radius 3 is 2.79 bits per heavy atom. The number of ether oxygens (including phenoxy) is 1. The summed E-state index contributed by atoms with van der Waals surface area (Å²) in [6.45, 7) is 4.29. The Morgan fingerprint density at radius 1 is 1.32 bits per heavy atom. The van der Waals surface area contributed by atoms with Gasteiger partial charge in [0.05, 0.1) is 12.3 Å². The average Bonchev–Trinajstić information content (AvgIpc) is 2.83. The molecule has 19 heavy (non-hydrogen) atoms. The number of nitrogens with zero attached hydrogens (tertiary/aromatic N) is 1. The van der Waals surface area contributed by atoms with Gasteiger partial charge in [0.25, 0.3) is 0 Å². The minimum atomic E-state index is -0.239. The lowest BCUT2D eigenvalue weighted by molar-refractivity contribution is 0.0226. The third-order valence-corrected chi connectivity index (χ3v) is 3.25.